The Kier molecular flexibility index (Phi) is 4.50. The lowest BCUT2D eigenvalue weighted by Crippen LogP contribution is -2.10. The molecule has 1 rings (SSSR count). The molecule has 0 amide bonds. The van der Waals surface area contributed by atoms with Crippen LogP contribution in [0.1, 0.15) is 23.2 Å². The Morgan fingerprint density at radius 2 is 1.67 bits per heavy atom. The summed E-state index contributed by atoms with van der Waals surface area (Å²) in [5.74, 6) is -4.80. The highest BCUT2D eigenvalue weighted by molar-refractivity contribution is 7.90. The Bertz CT molecular complexity index is 544. The normalized spacial score (nSPS) is 11.6. The van der Waals surface area contributed by atoms with E-state index >= 15 is 0 Å². The summed E-state index contributed by atoms with van der Waals surface area (Å²) >= 11 is 0. The zero-order valence-corrected chi connectivity index (χ0v) is 10.4. The predicted octanol–water partition coefficient (Wildman–Crippen LogP) is 2.11. The summed E-state index contributed by atoms with van der Waals surface area (Å²) in [7, 11) is -3.23. The number of sulfone groups is 1. The van der Waals surface area contributed by atoms with Gasteiger partial charge in [-0.1, -0.05) is 0 Å². The molecule has 0 saturated carbocycles. The van der Waals surface area contributed by atoms with Gasteiger partial charge in [0, 0.05) is 24.8 Å². The fourth-order valence-electron chi connectivity index (χ4n) is 1.43. The van der Waals surface area contributed by atoms with Crippen molar-refractivity contribution in [2.75, 3.05) is 12.0 Å². The van der Waals surface area contributed by atoms with Crippen LogP contribution in [0.2, 0.25) is 0 Å². The summed E-state index contributed by atoms with van der Waals surface area (Å²) < 4.78 is 60.7. The molecule has 0 atom stereocenters. The second-order valence-corrected chi connectivity index (χ2v) is 6.16. The molecule has 0 aromatic heterocycles. The number of carbonyl (C=O) groups is 1. The van der Waals surface area contributed by atoms with Crippen molar-refractivity contribution in [3.63, 3.8) is 0 Å². The van der Waals surface area contributed by atoms with Gasteiger partial charge in [0.1, 0.15) is 27.3 Å². The Labute approximate surface area is 103 Å². The van der Waals surface area contributed by atoms with Crippen LogP contribution in [0.3, 0.4) is 0 Å². The third-order valence-electron chi connectivity index (χ3n) is 2.20. The topological polar surface area (TPSA) is 51.2 Å². The summed E-state index contributed by atoms with van der Waals surface area (Å²) in [6, 6.07) is 0.819. The van der Waals surface area contributed by atoms with Crippen LogP contribution < -0.4 is 0 Å². The van der Waals surface area contributed by atoms with Gasteiger partial charge in [-0.25, -0.2) is 21.6 Å². The first-order valence-corrected chi connectivity index (χ1v) is 7.12. The fraction of sp³-hybridized carbons (Fsp3) is 0.364. The minimum absolute atomic E-state index is 0.0338. The molecule has 18 heavy (non-hydrogen) atoms. The molecular formula is C11H11F3O3S. The van der Waals surface area contributed by atoms with Crippen LogP contribution in [0.5, 0.6) is 0 Å². The largest absolute Gasteiger partial charge is 0.294 e. The summed E-state index contributed by atoms with van der Waals surface area (Å²) in [5.41, 5.74) is -0.829. The van der Waals surface area contributed by atoms with Crippen LogP contribution in [0.25, 0.3) is 0 Å². The van der Waals surface area contributed by atoms with Crippen LogP contribution in [0, 0.1) is 17.5 Å². The summed E-state index contributed by atoms with van der Waals surface area (Å²) in [6.07, 6.45) is 0.650. The number of Topliss-reactive ketones (excluding diaryl/α,β-unsaturated/α-hetero) is 1. The molecule has 7 heteroatoms. The highest BCUT2D eigenvalue weighted by Gasteiger charge is 2.19. The molecule has 1 aromatic rings. The molecule has 0 unspecified atom stereocenters. The van der Waals surface area contributed by atoms with E-state index in [1.807, 2.05) is 0 Å². The maximum Gasteiger partial charge on any atom is 0.168 e. The molecule has 0 fully saturated rings. The number of ketones is 1. The van der Waals surface area contributed by atoms with Crippen molar-refractivity contribution >= 4 is 15.6 Å². The molecule has 0 aliphatic carbocycles. The first-order chi connectivity index (χ1) is 8.20. The third kappa shape index (κ3) is 4.14. The van der Waals surface area contributed by atoms with Gasteiger partial charge in [0.15, 0.2) is 5.78 Å². The van der Waals surface area contributed by atoms with Crippen LogP contribution in [0.15, 0.2) is 12.1 Å². The van der Waals surface area contributed by atoms with Crippen LogP contribution in [-0.2, 0) is 9.84 Å². The summed E-state index contributed by atoms with van der Waals surface area (Å²) in [6.45, 7) is 0. The predicted molar refractivity (Wildman–Crippen MR) is 59.6 cm³/mol. The molecule has 0 saturated heterocycles. The van der Waals surface area contributed by atoms with Gasteiger partial charge in [-0.05, 0) is 6.42 Å². The number of hydrogen-bond acceptors (Lipinski definition) is 3. The second kappa shape index (κ2) is 5.51. The average Bonchev–Trinajstić information content (AvgIpc) is 2.13. The molecule has 3 nitrogen and oxygen atoms in total. The minimum Gasteiger partial charge on any atom is -0.294 e. The van der Waals surface area contributed by atoms with Crippen molar-refractivity contribution in [2.24, 2.45) is 0 Å². The molecule has 0 aliphatic rings. The zero-order valence-electron chi connectivity index (χ0n) is 9.54. The molecule has 0 N–H and O–H groups in total. The van der Waals surface area contributed by atoms with E-state index in [1.54, 1.807) is 0 Å². The molecule has 100 valence electrons. The Hall–Kier alpha value is -1.37. The standard InChI is InChI=1S/C11H11F3O3S/c1-18(16,17)4-2-3-10(15)11-8(13)5-7(12)6-9(11)14/h5-6H,2-4H2,1H3. The Balaban J connectivity index is 2.80. The number of hydrogen-bond donors (Lipinski definition) is 0. The maximum atomic E-state index is 13.2. The lowest BCUT2D eigenvalue weighted by atomic mass is 10.1. The van der Waals surface area contributed by atoms with E-state index in [4.69, 9.17) is 0 Å². The first-order valence-electron chi connectivity index (χ1n) is 5.06. The minimum atomic E-state index is -3.23. The van der Waals surface area contributed by atoms with Gasteiger partial charge < -0.3 is 0 Å². The summed E-state index contributed by atoms with van der Waals surface area (Å²) in [4.78, 5) is 11.5. The quantitative estimate of drug-likeness (QED) is 0.776. The fourth-order valence-corrected chi connectivity index (χ4v) is 2.10. The van der Waals surface area contributed by atoms with Gasteiger partial charge in [0.05, 0.1) is 11.3 Å². The molecule has 0 heterocycles. The smallest absolute Gasteiger partial charge is 0.168 e. The van der Waals surface area contributed by atoms with Crippen molar-refractivity contribution in [1.29, 1.82) is 0 Å². The molecule has 0 bridgehead atoms. The number of halogens is 3. The Morgan fingerprint density at radius 1 is 1.17 bits per heavy atom. The van der Waals surface area contributed by atoms with Crippen molar-refractivity contribution < 1.29 is 26.4 Å². The third-order valence-corrected chi connectivity index (χ3v) is 3.23. The lowest BCUT2D eigenvalue weighted by molar-refractivity contribution is 0.0973. The maximum absolute atomic E-state index is 13.2. The molecule has 1 aromatic carbocycles. The van der Waals surface area contributed by atoms with Gasteiger partial charge >= 0.3 is 0 Å². The van der Waals surface area contributed by atoms with E-state index in [1.165, 1.54) is 0 Å². The van der Waals surface area contributed by atoms with E-state index in [9.17, 15) is 26.4 Å². The SMILES string of the molecule is CS(=O)(=O)CCCC(=O)c1c(F)cc(F)cc1F. The summed E-state index contributed by atoms with van der Waals surface area (Å²) in [5, 5.41) is 0. The van der Waals surface area contributed by atoms with Gasteiger partial charge in [-0.15, -0.1) is 0 Å². The highest BCUT2D eigenvalue weighted by Crippen LogP contribution is 2.17. The van der Waals surface area contributed by atoms with Crippen molar-refractivity contribution in [2.45, 2.75) is 12.8 Å². The van der Waals surface area contributed by atoms with E-state index in [0.717, 1.165) is 6.26 Å². The van der Waals surface area contributed by atoms with Crippen molar-refractivity contribution in [3.8, 4) is 0 Å². The van der Waals surface area contributed by atoms with Gasteiger partial charge in [-0.3, -0.25) is 4.79 Å². The van der Waals surface area contributed by atoms with E-state index in [2.05, 4.69) is 0 Å². The van der Waals surface area contributed by atoms with Crippen molar-refractivity contribution in [1.82, 2.24) is 0 Å². The molecule has 0 aliphatic heterocycles. The molecule has 0 radical (unpaired) electrons. The van der Waals surface area contributed by atoms with Gasteiger partial charge in [0.25, 0.3) is 0 Å². The zero-order chi connectivity index (χ0) is 13.9. The monoisotopic (exact) mass is 280 g/mol. The van der Waals surface area contributed by atoms with E-state index in [0.29, 0.717) is 12.1 Å². The number of carbonyl (C=O) groups excluding carboxylic acids is 1. The van der Waals surface area contributed by atoms with Crippen LogP contribution in [-0.4, -0.2) is 26.2 Å². The first kappa shape index (κ1) is 14.7. The Morgan fingerprint density at radius 3 is 2.11 bits per heavy atom. The van der Waals surface area contributed by atoms with Gasteiger partial charge in [0.2, 0.25) is 0 Å². The molecule has 0 spiro atoms. The van der Waals surface area contributed by atoms with Gasteiger partial charge in [-0.2, -0.15) is 0 Å². The lowest BCUT2D eigenvalue weighted by Gasteiger charge is -2.04. The van der Waals surface area contributed by atoms with E-state index in [-0.39, 0.29) is 18.6 Å². The molecular weight excluding hydrogens is 269 g/mol. The van der Waals surface area contributed by atoms with E-state index < -0.39 is 38.6 Å². The van der Waals surface area contributed by atoms with Crippen LogP contribution in [0.4, 0.5) is 13.2 Å². The van der Waals surface area contributed by atoms with Crippen LogP contribution >= 0.6 is 0 Å². The van der Waals surface area contributed by atoms with Crippen molar-refractivity contribution in [3.05, 3.63) is 35.1 Å². The highest BCUT2D eigenvalue weighted by atomic mass is 32.2. The number of rotatable bonds is 5. The second-order valence-electron chi connectivity index (χ2n) is 3.90. The number of benzene rings is 1. The average molecular weight is 280 g/mol.